The molecule has 0 unspecified atom stereocenters. The number of amides is 2. The number of nitrogens with one attached hydrogen (secondary N) is 2. The fraction of sp³-hybridized carbons (Fsp3) is 0.562. The standard InChI is InChI=1S/C16H24N2O5S/c1-6-10-8-11(14(20)22-7-2)13(24-10)18-12(19)9-17-15(21)23-16(3,4)5/h8H,6-7,9H2,1-5H3,(H,17,21)(H,18,19). The van der Waals surface area contributed by atoms with Gasteiger partial charge >= 0.3 is 12.1 Å². The minimum absolute atomic E-state index is 0.253. The van der Waals surface area contributed by atoms with Gasteiger partial charge in [0, 0.05) is 4.88 Å². The molecule has 0 aliphatic heterocycles. The van der Waals surface area contributed by atoms with Gasteiger partial charge in [0.15, 0.2) is 0 Å². The first kappa shape index (κ1) is 20.0. The van der Waals surface area contributed by atoms with Crippen LogP contribution in [0.15, 0.2) is 6.07 Å². The van der Waals surface area contributed by atoms with Gasteiger partial charge in [0.2, 0.25) is 5.91 Å². The molecule has 0 saturated heterocycles. The lowest BCUT2D eigenvalue weighted by molar-refractivity contribution is -0.115. The van der Waals surface area contributed by atoms with Crippen molar-refractivity contribution in [1.29, 1.82) is 0 Å². The average molecular weight is 356 g/mol. The van der Waals surface area contributed by atoms with Gasteiger partial charge in [-0.15, -0.1) is 11.3 Å². The molecule has 0 atom stereocenters. The maximum Gasteiger partial charge on any atom is 0.408 e. The van der Waals surface area contributed by atoms with Gasteiger partial charge in [0.1, 0.15) is 17.1 Å². The minimum atomic E-state index is -0.677. The summed E-state index contributed by atoms with van der Waals surface area (Å²) < 4.78 is 10.0. The molecule has 0 radical (unpaired) electrons. The van der Waals surface area contributed by atoms with Gasteiger partial charge in [0.05, 0.1) is 12.2 Å². The molecule has 1 aromatic heterocycles. The van der Waals surface area contributed by atoms with Crippen LogP contribution in [0, 0.1) is 0 Å². The number of aryl methyl sites for hydroxylation is 1. The van der Waals surface area contributed by atoms with Gasteiger partial charge in [-0.3, -0.25) is 4.79 Å². The summed E-state index contributed by atoms with van der Waals surface area (Å²) in [7, 11) is 0. The molecule has 0 fully saturated rings. The molecule has 1 heterocycles. The number of thiophene rings is 1. The van der Waals surface area contributed by atoms with Crippen LogP contribution < -0.4 is 10.6 Å². The molecule has 1 aromatic rings. The Morgan fingerprint density at radius 3 is 2.42 bits per heavy atom. The molecule has 0 aromatic carbocycles. The van der Waals surface area contributed by atoms with Crippen molar-refractivity contribution in [2.75, 3.05) is 18.5 Å². The highest BCUT2D eigenvalue weighted by molar-refractivity contribution is 7.16. The number of alkyl carbamates (subject to hydrolysis) is 1. The summed E-state index contributed by atoms with van der Waals surface area (Å²) in [5.41, 5.74) is -0.314. The van der Waals surface area contributed by atoms with E-state index in [0.29, 0.717) is 10.6 Å². The predicted molar refractivity (Wildman–Crippen MR) is 92.5 cm³/mol. The van der Waals surface area contributed by atoms with Crippen molar-refractivity contribution in [3.8, 4) is 0 Å². The molecule has 0 aliphatic rings. The van der Waals surface area contributed by atoms with Gasteiger partial charge in [-0.1, -0.05) is 6.92 Å². The van der Waals surface area contributed by atoms with E-state index in [9.17, 15) is 14.4 Å². The topological polar surface area (TPSA) is 93.7 Å². The zero-order valence-electron chi connectivity index (χ0n) is 14.6. The van der Waals surface area contributed by atoms with Crippen molar-refractivity contribution in [3.05, 3.63) is 16.5 Å². The van der Waals surface area contributed by atoms with E-state index < -0.39 is 23.6 Å². The molecule has 24 heavy (non-hydrogen) atoms. The Morgan fingerprint density at radius 2 is 1.88 bits per heavy atom. The minimum Gasteiger partial charge on any atom is -0.462 e. The highest BCUT2D eigenvalue weighted by Gasteiger charge is 2.20. The summed E-state index contributed by atoms with van der Waals surface area (Å²) in [6, 6.07) is 1.71. The molecule has 2 amide bonds. The van der Waals surface area contributed by atoms with Crippen molar-refractivity contribution < 1.29 is 23.9 Å². The summed E-state index contributed by atoms with van der Waals surface area (Å²) >= 11 is 1.31. The third-order valence-corrected chi connectivity index (χ3v) is 3.87. The molecule has 2 N–H and O–H groups in total. The summed E-state index contributed by atoms with van der Waals surface area (Å²) in [5, 5.41) is 5.42. The fourth-order valence-electron chi connectivity index (χ4n) is 1.71. The van der Waals surface area contributed by atoms with Crippen LogP contribution in [-0.4, -0.2) is 36.7 Å². The van der Waals surface area contributed by atoms with Gasteiger partial charge in [-0.25, -0.2) is 9.59 Å². The Kier molecular flexibility index (Phi) is 7.21. The fourth-order valence-corrected chi connectivity index (χ4v) is 2.71. The number of carbonyl (C=O) groups excluding carboxylic acids is 3. The maximum absolute atomic E-state index is 12.0. The number of hydrogen-bond acceptors (Lipinski definition) is 6. The predicted octanol–water partition coefficient (Wildman–Crippen LogP) is 2.95. The van der Waals surface area contributed by atoms with Crippen LogP contribution in [-0.2, 0) is 20.7 Å². The SMILES string of the molecule is CCOC(=O)c1cc(CC)sc1NC(=O)CNC(=O)OC(C)(C)C. The summed E-state index contributed by atoms with van der Waals surface area (Å²) in [6.07, 6.45) is 0.0621. The first-order chi connectivity index (χ1) is 11.2. The van der Waals surface area contributed by atoms with Crippen LogP contribution in [0.3, 0.4) is 0 Å². The molecule has 0 saturated carbocycles. The van der Waals surface area contributed by atoms with E-state index in [-0.39, 0.29) is 13.2 Å². The number of ether oxygens (including phenoxy) is 2. The second-order valence-electron chi connectivity index (χ2n) is 5.93. The lowest BCUT2D eigenvalue weighted by Gasteiger charge is -2.19. The van der Waals surface area contributed by atoms with Gasteiger partial charge in [0.25, 0.3) is 0 Å². The highest BCUT2D eigenvalue weighted by atomic mass is 32.1. The molecule has 8 heteroatoms. The average Bonchev–Trinajstić information content (AvgIpc) is 2.86. The number of carbonyl (C=O) groups is 3. The van der Waals surface area contributed by atoms with Crippen LogP contribution in [0.1, 0.15) is 49.9 Å². The molecule has 7 nitrogen and oxygen atoms in total. The van der Waals surface area contributed by atoms with Crippen LogP contribution in [0.5, 0.6) is 0 Å². The quantitative estimate of drug-likeness (QED) is 0.764. The molecule has 0 bridgehead atoms. The molecule has 1 rings (SSSR count). The molecule has 0 aliphatic carbocycles. The number of esters is 1. The monoisotopic (exact) mass is 356 g/mol. The normalized spacial score (nSPS) is 10.9. The largest absolute Gasteiger partial charge is 0.462 e. The molecule has 0 spiro atoms. The van der Waals surface area contributed by atoms with E-state index in [1.54, 1.807) is 33.8 Å². The van der Waals surface area contributed by atoms with Crippen molar-refractivity contribution in [1.82, 2.24) is 5.32 Å². The third kappa shape index (κ3) is 6.57. The molecule has 134 valence electrons. The first-order valence-corrected chi connectivity index (χ1v) is 8.54. The summed E-state index contributed by atoms with van der Waals surface area (Å²) in [5.74, 6) is -0.931. The maximum atomic E-state index is 12.0. The number of rotatable bonds is 6. The Balaban J connectivity index is 2.68. The summed E-state index contributed by atoms with van der Waals surface area (Å²) in [6.45, 7) is 8.87. The van der Waals surface area contributed by atoms with Crippen LogP contribution in [0.2, 0.25) is 0 Å². The zero-order chi connectivity index (χ0) is 18.3. The number of hydrogen-bond donors (Lipinski definition) is 2. The van der Waals surface area contributed by atoms with Crippen molar-refractivity contribution in [2.24, 2.45) is 0 Å². The Labute approximate surface area is 145 Å². The summed E-state index contributed by atoms with van der Waals surface area (Å²) in [4.78, 5) is 36.4. The van der Waals surface area contributed by atoms with E-state index in [0.717, 1.165) is 11.3 Å². The van der Waals surface area contributed by atoms with Gasteiger partial charge in [-0.05, 0) is 40.2 Å². The van der Waals surface area contributed by atoms with E-state index in [1.165, 1.54) is 11.3 Å². The lowest BCUT2D eigenvalue weighted by atomic mass is 10.2. The lowest BCUT2D eigenvalue weighted by Crippen LogP contribution is -2.37. The second-order valence-corrected chi connectivity index (χ2v) is 7.07. The van der Waals surface area contributed by atoms with E-state index >= 15 is 0 Å². The smallest absolute Gasteiger partial charge is 0.408 e. The van der Waals surface area contributed by atoms with Gasteiger partial charge < -0.3 is 20.1 Å². The third-order valence-electron chi connectivity index (χ3n) is 2.67. The second kappa shape index (κ2) is 8.68. The molecular weight excluding hydrogens is 332 g/mol. The number of anilines is 1. The highest BCUT2D eigenvalue weighted by Crippen LogP contribution is 2.29. The van der Waals surface area contributed by atoms with Gasteiger partial charge in [-0.2, -0.15) is 0 Å². The Hall–Kier alpha value is -2.09. The van der Waals surface area contributed by atoms with Crippen LogP contribution >= 0.6 is 11.3 Å². The van der Waals surface area contributed by atoms with Crippen LogP contribution in [0.4, 0.5) is 9.80 Å². The Bertz CT molecular complexity index is 604. The van der Waals surface area contributed by atoms with Crippen molar-refractivity contribution >= 4 is 34.3 Å². The first-order valence-electron chi connectivity index (χ1n) is 7.72. The Morgan fingerprint density at radius 1 is 1.21 bits per heavy atom. The van der Waals surface area contributed by atoms with E-state index in [4.69, 9.17) is 9.47 Å². The van der Waals surface area contributed by atoms with E-state index in [2.05, 4.69) is 10.6 Å². The zero-order valence-corrected chi connectivity index (χ0v) is 15.5. The van der Waals surface area contributed by atoms with Crippen molar-refractivity contribution in [2.45, 2.75) is 46.6 Å². The van der Waals surface area contributed by atoms with E-state index in [1.807, 2.05) is 6.92 Å². The van der Waals surface area contributed by atoms with Crippen LogP contribution in [0.25, 0.3) is 0 Å². The van der Waals surface area contributed by atoms with Crippen molar-refractivity contribution in [3.63, 3.8) is 0 Å². The molecular formula is C16H24N2O5S.